The highest BCUT2D eigenvalue weighted by molar-refractivity contribution is 6.06. The number of benzene rings is 2. The lowest BCUT2D eigenvalue weighted by molar-refractivity contribution is -0.0498. The minimum Gasteiger partial charge on any atom is -0.497 e. The number of carbonyl (C=O) groups is 1. The van der Waals surface area contributed by atoms with Crippen LogP contribution < -0.4 is 30.0 Å². The Morgan fingerprint density at radius 3 is 2.11 bits per heavy atom. The molecule has 10 nitrogen and oxygen atoms in total. The minimum absolute atomic E-state index is 0.0371. The van der Waals surface area contributed by atoms with Gasteiger partial charge < -0.3 is 24.4 Å². The van der Waals surface area contributed by atoms with Crippen LogP contribution in [0.15, 0.2) is 53.3 Å². The van der Waals surface area contributed by atoms with Gasteiger partial charge in [0.1, 0.15) is 46.1 Å². The van der Waals surface area contributed by atoms with E-state index in [4.69, 9.17) is 9.47 Å². The van der Waals surface area contributed by atoms with Crippen molar-refractivity contribution in [2.24, 2.45) is 7.05 Å². The summed E-state index contributed by atoms with van der Waals surface area (Å²) in [6.07, 6.45) is -0.420. The quantitative estimate of drug-likeness (QED) is 0.251. The molecule has 0 atom stereocenters. The number of ether oxygens (including phenoxy) is 3. The van der Waals surface area contributed by atoms with Crippen molar-refractivity contribution < 1.29 is 45.3 Å². The molecular formula is C29H25F6N5O5. The summed E-state index contributed by atoms with van der Waals surface area (Å²) in [7, 11) is 3.79. The Labute approximate surface area is 251 Å². The van der Waals surface area contributed by atoms with Crippen molar-refractivity contribution in [2.45, 2.75) is 19.0 Å². The maximum Gasteiger partial charge on any atom is 0.387 e. The third-order valence-electron chi connectivity index (χ3n) is 7.05. The average Bonchev–Trinajstić information content (AvgIpc) is 3.47. The first-order valence-corrected chi connectivity index (χ1v) is 13.2. The molecule has 1 aliphatic heterocycles. The fourth-order valence-corrected chi connectivity index (χ4v) is 4.93. The van der Waals surface area contributed by atoms with Gasteiger partial charge in [0.25, 0.3) is 17.4 Å². The zero-order valence-electron chi connectivity index (χ0n) is 23.9. The number of aromatic nitrogens is 3. The van der Waals surface area contributed by atoms with Gasteiger partial charge in [-0.05, 0) is 24.3 Å². The zero-order chi connectivity index (χ0) is 32.6. The predicted molar refractivity (Wildman–Crippen MR) is 150 cm³/mol. The Morgan fingerprint density at radius 2 is 1.56 bits per heavy atom. The molecular weight excluding hydrogens is 612 g/mol. The Bertz CT molecular complexity index is 1790. The van der Waals surface area contributed by atoms with E-state index in [1.165, 1.54) is 38.3 Å². The van der Waals surface area contributed by atoms with Gasteiger partial charge in [-0.2, -0.15) is 13.5 Å². The molecule has 45 heavy (non-hydrogen) atoms. The van der Waals surface area contributed by atoms with Gasteiger partial charge in [-0.15, -0.1) is 0 Å². The SMILES string of the molecule is COc1cc(N2CCC(F)(F)C2)nc(-n2c(=O)c(NC(=O)c3ccc(OC(F)F)cc3)c(-c3c(F)cc(OC)cc3F)n2C)c1. The normalized spacial score (nSPS) is 14.1. The second-order valence-electron chi connectivity index (χ2n) is 9.94. The molecule has 2 aromatic carbocycles. The minimum atomic E-state index is -3.10. The smallest absolute Gasteiger partial charge is 0.387 e. The first kappa shape index (κ1) is 31.3. The maximum absolute atomic E-state index is 15.4. The van der Waals surface area contributed by atoms with Crippen molar-refractivity contribution in [3.05, 3.63) is 76.1 Å². The molecule has 1 saturated heterocycles. The number of hydrogen-bond donors (Lipinski definition) is 1. The first-order chi connectivity index (χ1) is 21.3. The average molecular weight is 638 g/mol. The molecule has 1 N–H and O–H groups in total. The van der Waals surface area contributed by atoms with Crippen LogP contribution >= 0.6 is 0 Å². The summed E-state index contributed by atoms with van der Waals surface area (Å²) in [4.78, 5) is 32.8. The first-order valence-electron chi connectivity index (χ1n) is 13.2. The summed E-state index contributed by atoms with van der Waals surface area (Å²) in [6, 6.07) is 8.93. The molecule has 1 aliphatic rings. The van der Waals surface area contributed by atoms with Gasteiger partial charge in [0.05, 0.1) is 26.3 Å². The number of anilines is 2. The van der Waals surface area contributed by atoms with Gasteiger partial charge >= 0.3 is 6.61 Å². The van der Waals surface area contributed by atoms with Crippen LogP contribution in [0.4, 0.5) is 37.8 Å². The molecule has 5 rings (SSSR count). The standard InChI is InChI=1S/C29H25F6N5O5/c1-38-25(23-19(30)10-17(43-2)11-20(23)31)24(37-26(41)15-4-6-16(7-5-15)45-28(32)33)27(42)40(38)22-13-18(44-3)12-21(36-22)39-9-8-29(34,35)14-39/h4-7,10-13,28H,8-9,14H2,1-3H3,(H,37,41). The second-order valence-corrected chi connectivity index (χ2v) is 9.94. The van der Waals surface area contributed by atoms with Gasteiger partial charge in [0, 0.05) is 49.8 Å². The number of nitrogens with one attached hydrogen (secondary N) is 1. The zero-order valence-corrected chi connectivity index (χ0v) is 23.9. The van der Waals surface area contributed by atoms with Gasteiger partial charge in [-0.3, -0.25) is 14.3 Å². The van der Waals surface area contributed by atoms with Crippen LogP contribution in [0, 0.1) is 11.6 Å². The fourth-order valence-electron chi connectivity index (χ4n) is 4.93. The molecule has 3 heterocycles. The highest BCUT2D eigenvalue weighted by atomic mass is 19.3. The summed E-state index contributed by atoms with van der Waals surface area (Å²) >= 11 is 0. The number of halogens is 6. The molecule has 0 aliphatic carbocycles. The van der Waals surface area contributed by atoms with Crippen molar-refractivity contribution in [3.63, 3.8) is 0 Å². The Kier molecular flexibility index (Phi) is 8.40. The van der Waals surface area contributed by atoms with E-state index in [2.05, 4.69) is 15.0 Å². The summed E-state index contributed by atoms with van der Waals surface area (Å²) in [5, 5.41) is 2.36. The van der Waals surface area contributed by atoms with Crippen LogP contribution in [0.1, 0.15) is 16.8 Å². The highest BCUT2D eigenvalue weighted by Crippen LogP contribution is 2.36. The predicted octanol–water partition coefficient (Wildman–Crippen LogP) is 5.23. The van der Waals surface area contributed by atoms with Crippen molar-refractivity contribution in [2.75, 3.05) is 37.5 Å². The van der Waals surface area contributed by atoms with Crippen LogP contribution in [0.5, 0.6) is 17.2 Å². The van der Waals surface area contributed by atoms with E-state index in [1.807, 2.05) is 0 Å². The summed E-state index contributed by atoms with van der Waals surface area (Å²) < 4.78 is 100. The highest BCUT2D eigenvalue weighted by Gasteiger charge is 2.39. The van der Waals surface area contributed by atoms with E-state index in [9.17, 15) is 27.2 Å². The van der Waals surface area contributed by atoms with Gasteiger partial charge in [-0.1, -0.05) is 0 Å². The molecule has 0 unspecified atom stereocenters. The van der Waals surface area contributed by atoms with Crippen molar-refractivity contribution >= 4 is 17.4 Å². The fraction of sp³-hybridized carbons (Fsp3) is 0.276. The topological polar surface area (TPSA) is 99.9 Å². The van der Waals surface area contributed by atoms with Crippen LogP contribution in [-0.2, 0) is 7.05 Å². The van der Waals surface area contributed by atoms with E-state index >= 15 is 8.78 Å². The number of amides is 1. The summed E-state index contributed by atoms with van der Waals surface area (Å²) in [5.74, 6) is -6.54. The van der Waals surface area contributed by atoms with Crippen LogP contribution in [-0.4, -0.2) is 60.1 Å². The van der Waals surface area contributed by atoms with Crippen molar-refractivity contribution in [1.82, 2.24) is 14.3 Å². The maximum atomic E-state index is 15.4. The van der Waals surface area contributed by atoms with Crippen LogP contribution in [0.3, 0.4) is 0 Å². The Morgan fingerprint density at radius 1 is 0.956 bits per heavy atom. The molecule has 1 amide bonds. The Hall–Kier alpha value is -5.15. The molecule has 238 valence electrons. The Balaban J connectivity index is 1.67. The lowest BCUT2D eigenvalue weighted by Gasteiger charge is -2.19. The number of carbonyl (C=O) groups excluding carboxylic acids is 1. The molecule has 4 aromatic rings. The molecule has 16 heteroatoms. The number of alkyl halides is 4. The summed E-state index contributed by atoms with van der Waals surface area (Å²) in [6.45, 7) is -3.77. The van der Waals surface area contributed by atoms with Gasteiger partial charge in [0.15, 0.2) is 5.82 Å². The monoisotopic (exact) mass is 637 g/mol. The third kappa shape index (κ3) is 6.25. The number of methoxy groups -OCH3 is 2. The molecule has 0 spiro atoms. The van der Waals surface area contributed by atoms with Crippen molar-refractivity contribution in [3.8, 4) is 34.3 Å². The van der Waals surface area contributed by atoms with E-state index in [0.717, 1.165) is 45.8 Å². The van der Waals surface area contributed by atoms with Gasteiger partial charge in [0.2, 0.25) is 0 Å². The lowest BCUT2D eigenvalue weighted by atomic mass is 10.1. The number of rotatable bonds is 9. The molecule has 0 bridgehead atoms. The third-order valence-corrected chi connectivity index (χ3v) is 7.05. The van der Waals surface area contributed by atoms with E-state index < -0.39 is 65.5 Å². The van der Waals surface area contributed by atoms with E-state index in [0.29, 0.717) is 0 Å². The van der Waals surface area contributed by atoms with Crippen LogP contribution in [0.2, 0.25) is 0 Å². The number of nitrogens with zero attached hydrogens (tertiary/aromatic N) is 4. The number of hydrogen-bond acceptors (Lipinski definition) is 7. The second kappa shape index (κ2) is 12.1. The van der Waals surface area contributed by atoms with Crippen molar-refractivity contribution in [1.29, 1.82) is 0 Å². The molecule has 2 aromatic heterocycles. The lowest BCUT2D eigenvalue weighted by Crippen LogP contribution is -2.27. The van der Waals surface area contributed by atoms with Crippen LogP contribution in [0.25, 0.3) is 17.1 Å². The van der Waals surface area contributed by atoms with Gasteiger partial charge in [-0.25, -0.2) is 22.5 Å². The molecule has 1 fully saturated rings. The molecule has 0 saturated carbocycles. The van der Waals surface area contributed by atoms with E-state index in [-0.39, 0.29) is 41.0 Å². The number of pyridine rings is 1. The molecule has 0 radical (unpaired) electrons. The summed E-state index contributed by atoms with van der Waals surface area (Å²) in [5.41, 5.74) is -2.79. The largest absolute Gasteiger partial charge is 0.497 e. The van der Waals surface area contributed by atoms with E-state index in [1.54, 1.807) is 0 Å².